The summed E-state index contributed by atoms with van der Waals surface area (Å²) in [7, 11) is 0.0682. The highest BCUT2D eigenvalue weighted by Gasteiger charge is 2.23. The van der Waals surface area contributed by atoms with Crippen molar-refractivity contribution in [3.8, 4) is 0 Å². The molecule has 2 rings (SSSR count). The Balaban J connectivity index is 2.08. The lowest BCUT2D eigenvalue weighted by Crippen LogP contribution is -2.54. The summed E-state index contributed by atoms with van der Waals surface area (Å²) >= 11 is 0. The minimum absolute atomic E-state index is 0.344. The molecule has 2 unspecified atom stereocenters. The molecule has 1 fully saturated rings. The molecule has 0 bridgehead atoms. The molecular formula is C7H16OSi5. The highest BCUT2D eigenvalue weighted by Crippen LogP contribution is 1.96. The highest BCUT2D eigenvalue weighted by atomic mass is 29.9. The number of benzene rings is 1. The lowest BCUT2D eigenvalue weighted by molar-refractivity contribution is 0.639. The van der Waals surface area contributed by atoms with E-state index in [0.29, 0.717) is 25.7 Å². The van der Waals surface area contributed by atoms with Crippen molar-refractivity contribution in [3.63, 3.8) is 0 Å². The molecule has 1 aliphatic heterocycles. The van der Waals surface area contributed by atoms with Crippen molar-refractivity contribution in [1.82, 2.24) is 0 Å². The summed E-state index contributed by atoms with van der Waals surface area (Å²) in [6.45, 7) is 2.45. The van der Waals surface area contributed by atoms with Gasteiger partial charge in [0.25, 0.3) is 0 Å². The van der Waals surface area contributed by atoms with Gasteiger partial charge in [0.1, 0.15) is 8.56 Å². The van der Waals surface area contributed by atoms with E-state index in [1.165, 1.54) is 0 Å². The van der Waals surface area contributed by atoms with Gasteiger partial charge in [-0.05, 0) is 13.7 Å². The van der Waals surface area contributed by atoms with Crippen LogP contribution < -0.4 is 5.19 Å². The van der Waals surface area contributed by atoms with E-state index in [1.807, 2.05) is 0 Å². The maximum absolute atomic E-state index is 6.31. The van der Waals surface area contributed by atoms with E-state index in [0.717, 1.165) is 0 Å². The summed E-state index contributed by atoms with van der Waals surface area (Å²) in [6.07, 6.45) is 0. The second-order valence-electron chi connectivity index (χ2n) is 3.78. The summed E-state index contributed by atoms with van der Waals surface area (Å²) in [4.78, 5) is 0. The Bertz CT molecular complexity index is 267. The zero-order valence-corrected chi connectivity index (χ0v) is 14.6. The molecule has 1 aromatic rings. The predicted molar refractivity (Wildman–Crippen MR) is 73.0 cm³/mol. The van der Waals surface area contributed by atoms with Crippen LogP contribution in [-0.4, -0.2) is 42.8 Å². The van der Waals surface area contributed by atoms with Crippen molar-refractivity contribution in [2.45, 2.75) is 6.55 Å². The molecule has 1 saturated heterocycles. The molecule has 6 heteroatoms. The lowest BCUT2D eigenvalue weighted by Gasteiger charge is -2.25. The normalized spacial score (nSPS) is 34.2. The van der Waals surface area contributed by atoms with Crippen molar-refractivity contribution >= 4 is 48.0 Å². The van der Waals surface area contributed by atoms with E-state index >= 15 is 0 Å². The van der Waals surface area contributed by atoms with Crippen LogP contribution in [0.4, 0.5) is 0 Å². The van der Waals surface area contributed by atoms with E-state index in [9.17, 15) is 0 Å². The first kappa shape index (κ1) is 9.81. The van der Waals surface area contributed by atoms with Crippen LogP contribution in [0.5, 0.6) is 0 Å². The van der Waals surface area contributed by atoms with Crippen molar-refractivity contribution in [2.75, 3.05) is 0 Å². The molecule has 1 heterocycles. The summed E-state index contributed by atoms with van der Waals surface area (Å²) in [5.74, 6) is 0. The van der Waals surface area contributed by atoms with Crippen LogP contribution in [0.2, 0.25) is 6.55 Å². The molecule has 2 atom stereocenters. The summed E-state index contributed by atoms with van der Waals surface area (Å²) < 4.78 is 6.31. The fourth-order valence-corrected chi connectivity index (χ4v) is 95.3. The van der Waals surface area contributed by atoms with Crippen LogP contribution in [0.25, 0.3) is 0 Å². The average molecular weight is 257 g/mol. The van der Waals surface area contributed by atoms with Gasteiger partial charge in [0, 0.05) is 17.1 Å². The van der Waals surface area contributed by atoms with E-state index < -0.39 is 17.1 Å². The Morgan fingerprint density at radius 2 is 1.92 bits per heavy atom. The van der Waals surface area contributed by atoms with Gasteiger partial charge in [-0.3, -0.25) is 0 Å². The van der Waals surface area contributed by atoms with Crippen LogP contribution in [0.1, 0.15) is 0 Å². The zero-order chi connectivity index (χ0) is 9.10. The summed E-state index contributed by atoms with van der Waals surface area (Å²) in [6, 6.07) is 11.1. The van der Waals surface area contributed by atoms with Gasteiger partial charge in [0.2, 0.25) is 0 Å². The van der Waals surface area contributed by atoms with Crippen LogP contribution in [0.15, 0.2) is 30.3 Å². The molecule has 1 aliphatic rings. The zero-order valence-electron chi connectivity index (χ0n) is 8.07. The Kier molecular flexibility index (Phi) is 3.52. The third kappa shape index (κ3) is 2.61. The molecule has 0 spiro atoms. The molecule has 0 saturated carbocycles. The van der Waals surface area contributed by atoms with Crippen LogP contribution in [-0.2, 0) is 4.12 Å². The second kappa shape index (κ2) is 4.67. The monoisotopic (exact) mass is 256 g/mol. The van der Waals surface area contributed by atoms with Crippen LogP contribution in [0.3, 0.4) is 0 Å². The maximum atomic E-state index is 6.31. The van der Waals surface area contributed by atoms with Gasteiger partial charge in [0.05, 0.1) is 0 Å². The largest absolute Gasteiger partial charge is 0.463 e. The topological polar surface area (TPSA) is 9.23 Å². The van der Waals surface area contributed by atoms with Crippen molar-refractivity contribution < 1.29 is 4.12 Å². The molecular weight excluding hydrogens is 241 g/mol. The molecule has 1 nitrogen and oxygen atoms in total. The molecule has 0 N–H and O–H groups in total. The van der Waals surface area contributed by atoms with Crippen LogP contribution in [0, 0.1) is 0 Å². The third-order valence-electron chi connectivity index (χ3n) is 2.64. The summed E-state index contributed by atoms with van der Waals surface area (Å²) in [5.41, 5.74) is 0. The number of hydrogen-bond acceptors (Lipinski definition) is 1. The average Bonchev–Trinajstić information content (AvgIpc) is 2.19. The Hall–Kier alpha value is 0.264. The number of hydrogen-bond donors (Lipinski definition) is 0. The third-order valence-corrected chi connectivity index (χ3v) is 61.9. The molecule has 13 heavy (non-hydrogen) atoms. The molecule has 0 radical (unpaired) electrons. The second-order valence-corrected chi connectivity index (χ2v) is 38.0. The van der Waals surface area contributed by atoms with Crippen LogP contribution >= 0.6 is 0 Å². The smallest absolute Gasteiger partial charge is 0.170 e. The first-order chi connectivity index (χ1) is 6.36. The van der Waals surface area contributed by atoms with Gasteiger partial charge < -0.3 is 4.12 Å². The van der Waals surface area contributed by atoms with Crippen molar-refractivity contribution in [1.29, 1.82) is 0 Å². The molecule has 0 aliphatic carbocycles. The number of rotatable bonds is 1. The molecule has 0 amide bonds. The van der Waals surface area contributed by atoms with Gasteiger partial charge in [-0.15, -0.1) is 0 Å². The molecule has 1 aromatic carbocycles. The minimum atomic E-state index is -0.745. The van der Waals surface area contributed by atoms with E-state index in [2.05, 4.69) is 36.9 Å². The van der Waals surface area contributed by atoms with Gasteiger partial charge in [0.15, 0.2) is 8.56 Å². The quantitative estimate of drug-likeness (QED) is 0.498. The predicted octanol–water partition coefficient (Wildman–Crippen LogP) is -2.67. The first-order valence-corrected chi connectivity index (χ1v) is 22.3. The lowest BCUT2D eigenvalue weighted by atomic mass is 10.4. The van der Waals surface area contributed by atoms with E-state index in [1.54, 1.807) is 5.19 Å². The SMILES string of the molecule is C[SiH]1O[SiH](c2ccccc2)[SiH2][SiH2][SiH2]1. The van der Waals surface area contributed by atoms with E-state index in [4.69, 9.17) is 4.12 Å². The van der Waals surface area contributed by atoms with Gasteiger partial charge in [-0.25, -0.2) is 0 Å². The summed E-state index contributed by atoms with van der Waals surface area (Å²) in [5, 5.41) is 1.62. The first-order valence-electron chi connectivity index (χ1n) is 5.06. The molecule has 0 aromatic heterocycles. The van der Waals surface area contributed by atoms with Gasteiger partial charge >= 0.3 is 0 Å². The highest BCUT2D eigenvalue weighted by molar-refractivity contribution is 7.61. The maximum Gasteiger partial charge on any atom is 0.170 e. The Morgan fingerprint density at radius 1 is 1.15 bits per heavy atom. The minimum Gasteiger partial charge on any atom is -0.463 e. The van der Waals surface area contributed by atoms with Crippen molar-refractivity contribution in [2.24, 2.45) is 0 Å². The Morgan fingerprint density at radius 3 is 2.62 bits per heavy atom. The van der Waals surface area contributed by atoms with Gasteiger partial charge in [-0.1, -0.05) is 36.9 Å². The standard InChI is InChI=1S/C7H16OSi5/c1-12-8-13(11-9-10-12)7-5-3-2-4-6-7/h2-6,12-13H,9-11H2,1H3. The Labute approximate surface area is 89.0 Å². The van der Waals surface area contributed by atoms with Crippen molar-refractivity contribution in [3.05, 3.63) is 30.3 Å². The fourth-order valence-electron chi connectivity index (χ4n) is 1.92. The van der Waals surface area contributed by atoms with E-state index in [-0.39, 0.29) is 0 Å². The fraction of sp³-hybridized carbons (Fsp3) is 0.143. The molecule has 70 valence electrons. The van der Waals surface area contributed by atoms with Gasteiger partial charge in [-0.2, -0.15) is 0 Å².